The topological polar surface area (TPSA) is 30.0 Å². The van der Waals surface area contributed by atoms with E-state index in [0.717, 1.165) is 0 Å². The molecule has 0 bridgehead atoms. The molecule has 0 saturated carbocycles. The van der Waals surface area contributed by atoms with Crippen LogP contribution in [0.2, 0.25) is 0 Å². The molecule has 25 valence electrons. The molecule has 0 atom stereocenters. The summed E-state index contributed by atoms with van der Waals surface area (Å²) in [4.78, 5) is 0. The van der Waals surface area contributed by atoms with E-state index in [0.29, 0.717) is 0 Å². The molecule has 0 amide bonds. The predicted molar refractivity (Wildman–Crippen MR) is 25.5 cm³/mol. The number of halogens is 2. The number of hydrogen-bond donors (Lipinski definition) is 0. The van der Waals surface area contributed by atoms with Crippen LogP contribution in [0.5, 0.6) is 0 Å². The summed E-state index contributed by atoms with van der Waals surface area (Å²) in [7, 11) is 0. The van der Waals surface area contributed by atoms with Gasteiger partial charge in [-0.1, -0.05) is 0 Å². The minimum atomic E-state index is -0.292. The number of hydrogen-bond acceptors (Lipinski definition) is 1. The van der Waals surface area contributed by atoms with Crippen LogP contribution in [0.25, 0.3) is 0 Å². The second kappa shape index (κ2) is 8.85. The molecule has 0 unspecified atom stereocenters. The van der Waals surface area contributed by atoms with Gasteiger partial charge in [-0.25, -0.2) is 0 Å². The summed E-state index contributed by atoms with van der Waals surface area (Å²) >= 11 is 6.22. The van der Waals surface area contributed by atoms with Crippen LogP contribution in [0, 0.1) is 0 Å². The van der Waals surface area contributed by atoms with Crippen molar-refractivity contribution in [1.29, 1.82) is 0 Å². The van der Waals surface area contributed by atoms with Gasteiger partial charge < -0.3 is 5.48 Å². The van der Waals surface area contributed by atoms with Crippen molar-refractivity contribution in [2.45, 2.75) is 0 Å². The molecular weight excluding hydrogens is 383 g/mol. The molecule has 0 aromatic heterocycles. The third kappa shape index (κ3) is 9.15. The Morgan fingerprint density at radius 2 is 1.25 bits per heavy atom. The van der Waals surface area contributed by atoms with Crippen molar-refractivity contribution < 1.29 is 5.48 Å². The van der Waals surface area contributed by atoms with Gasteiger partial charge in [0.2, 0.25) is 0 Å². The molecule has 0 rings (SSSR count). The Labute approximate surface area is 48.3 Å². The zero-order valence-electron chi connectivity index (χ0n) is 1.70. The Morgan fingerprint density at radius 1 is 1.25 bits per heavy atom. The molecular formula is HBr2OPb. The summed E-state index contributed by atoms with van der Waals surface area (Å²) in [5, 5.41) is 0. The Hall–Kier alpha value is 1.84. The van der Waals surface area contributed by atoms with E-state index in [9.17, 15) is 0 Å². The van der Waals surface area contributed by atoms with Gasteiger partial charge in [0.25, 0.3) is 0 Å². The normalized spacial score (nSPS) is 3.50. The van der Waals surface area contributed by atoms with Crippen molar-refractivity contribution in [1.82, 2.24) is 0 Å². The third-order valence-electron chi connectivity index (χ3n) is 0. The molecule has 0 aliphatic carbocycles. The van der Waals surface area contributed by atoms with Gasteiger partial charge in [-0.05, 0) is 0 Å². The molecule has 1 N–H and O–H groups in total. The summed E-state index contributed by atoms with van der Waals surface area (Å²) in [6.45, 7) is 0. The minimum Gasteiger partial charge on any atom is -0.870 e. The molecule has 0 fully saturated rings. The molecule has 0 aromatic carbocycles. The van der Waals surface area contributed by atoms with Crippen LogP contribution in [-0.2, 0) is 0 Å². The first-order valence-corrected chi connectivity index (χ1v) is 17.2. The second-order valence-electron chi connectivity index (χ2n) is 0.0714. The van der Waals surface area contributed by atoms with Gasteiger partial charge in [-0.3, -0.25) is 0 Å². The molecule has 0 spiro atoms. The van der Waals surface area contributed by atoms with Gasteiger partial charge >= 0.3 is 43.4 Å². The minimum absolute atomic E-state index is 0. The summed E-state index contributed by atoms with van der Waals surface area (Å²) in [5.41, 5.74) is 0. The largest absolute Gasteiger partial charge is 0.870 e. The second-order valence-corrected chi connectivity index (χ2v) is 16.9. The Morgan fingerprint density at radius 3 is 1.25 bits per heavy atom. The fourth-order valence-corrected chi connectivity index (χ4v) is 0. The quantitative estimate of drug-likeness (QED) is 0.577. The Kier molecular flexibility index (Phi) is 20.5. The maximum absolute atomic E-state index is 3.26. The van der Waals surface area contributed by atoms with Crippen LogP contribution in [-0.4, -0.2) is 24.9 Å². The zero-order chi connectivity index (χ0) is 2.71. The van der Waals surface area contributed by atoms with E-state index in [1.165, 1.54) is 0 Å². The van der Waals surface area contributed by atoms with Gasteiger partial charge in [-0.15, -0.1) is 0 Å². The average molecular weight is 384 g/mol. The van der Waals surface area contributed by atoms with Crippen LogP contribution in [0.4, 0.5) is 0 Å². The predicted octanol–water partition coefficient (Wildman–Crippen LogP) is 1.13. The first-order chi connectivity index (χ1) is 1.41. The van der Waals surface area contributed by atoms with E-state index in [1.807, 2.05) is 0 Å². The van der Waals surface area contributed by atoms with Crippen LogP contribution < -0.4 is 0 Å². The van der Waals surface area contributed by atoms with Crippen molar-refractivity contribution in [3.63, 3.8) is 0 Å². The van der Waals surface area contributed by atoms with Gasteiger partial charge in [0.15, 0.2) is 0 Å². The third-order valence-corrected chi connectivity index (χ3v) is 0. The first-order valence-electron chi connectivity index (χ1n) is 0.378. The van der Waals surface area contributed by atoms with Crippen molar-refractivity contribution in [3.8, 4) is 0 Å². The van der Waals surface area contributed by atoms with Crippen molar-refractivity contribution >= 4 is 43.4 Å². The van der Waals surface area contributed by atoms with E-state index in [-0.39, 0.29) is 24.9 Å². The van der Waals surface area contributed by atoms with Gasteiger partial charge in [0, 0.05) is 0 Å². The van der Waals surface area contributed by atoms with E-state index < -0.39 is 0 Å². The summed E-state index contributed by atoms with van der Waals surface area (Å²) in [5.74, 6) is 0. The van der Waals surface area contributed by atoms with Crippen LogP contribution in [0.1, 0.15) is 0 Å². The fraction of sp³-hybridized carbons (Fsp3) is 0. The van der Waals surface area contributed by atoms with Crippen LogP contribution >= 0.6 is 24.0 Å². The number of rotatable bonds is 0. The summed E-state index contributed by atoms with van der Waals surface area (Å²) in [6.07, 6.45) is 0. The SMILES string of the molecule is [Br][Pb+][Br].[OH-]. The molecule has 0 saturated heterocycles. The van der Waals surface area contributed by atoms with E-state index in [4.69, 9.17) is 0 Å². The fourth-order valence-electron chi connectivity index (χ4n) is 0. The van der Waals surface area contributed by atoms with E-state index in [2.05, 4.69) is 24.0 Å². The van der Waals surface area contributed by atoms with E-state index >= 15 is 0 Å². The Bertz CT molecular complexity index is 6.00. The zero-order valence-corrected chi connectivity index (χ0v) is 8.76. The molecule has 0 heterocycles. The molecule has 1 nitrogen and oxygen atoms in total. The monoisotopic (exact) mass is 383 g/mol. The maximum atomic E-state index is 3.26. The van der Waals surface area contributed by atoms with Crippen LogP contribution in [0.3, 0.4) is 0 Å². The van der Waals surface area contributed by atoms with Gasteiger partial charge in [0.1, 0.15) is 0 Å². The van der Waals surface area contributed by atoms with Crippen molar-refractivity contribution in [2.75, 3.05) is 0 Å². The standard InChI is InChI=1S/2BrH.H2O.Pb/h2*1H;1H2;/q;;;+3/p-3. The average Bonchev–Trinajstić information content (AvgIpc) is 0.918. The molecule has 4 heavy (non-hydrogen) atoms. The van der Waals surface area contributed by atoms with Crippen LogP contribution in [0.15, 0.2) is 0 Å². The first kappa shape index (κ1) is 9.28. The molecule has 0 aromatic rings. The Balaban J connectivity index is 0. The van der Waals surface area contributed by atoms with Gasteiger partial charge in [0.05, 0.1) is 0 Å². The molecule has 1 radical (unpaired) electrons. The summed E-state index contributed by atoms with van der Waals surface area (Å²) < 4.78 is 0. The maximum Gasteiger partial charge on any atom is -0.870 e. The van der Waals surface area contributed by atoms with Crippen molar-refractivity contribution in [2.24, 2.45) is 0 Å². The van der Waals surface area contributed by atoms with Gasteiger partial charge in [-0.2, -0.15) is 0 Å². The molecule has 4 heteroatoms. The molecule has 0 aliphatic heterocycles. The summed E-state index contributed by atoms with van der Waals surface area (Å²) in [6, 6.07) is 0. The van der Waals surface area contributed by atoms with Crippen molar-refractivity contribution in [3.05, 3.63) is 0 Å². The molecule has 0 aliphatic rings. The smallest absolute Gasteiger partial charge is 0.870 e. The van der Waals surface area contributed by atoms with E-state index in [1.54, 1.807) is 0 Å².